The van der Waals surface area contributed by atoms with E-state index in [0.29, 0.717) is 18.0 Å². The van der Waals surface area contributed by atoms with E-state index in [4.69, 9.17) is 0 Å². The minimum absolute atomic E-state index is 0.0108. The van der Waals surface area contributed by atoms with Crippen LogP contribution in [0.1, 0.15) is 64.0 Å². The van der Waals surface area contributed by atoms with Gasteiger partial charge in [-0.25, -0.2) is 0 Å². The smallest absolute Gasteiger partial charge is 0.241 e. The van der Waals surface area contributed by atoms with Crippen LogP contribution in [0.5, 0.6) is 0 Å². The molecule has 0 spiro atoms. The lowest BCUT2D eigenvalue weighted by molar-refractivity contribution is -0.124. The first-order valence-electron chi connectivity index (χ1n) is 10.2. The Morgan fingerprint density at radius 3 is 2.88 bits per heavy atom. The second kappa shape index (κ2) is 6.73. The summed E-state index contributed by atoms with van der Waals surface area (Å²) in [5.41, 5.74) is 8.76. The molecular formula is C22H31N3O. The van der Waals surface area contributed by atoms with Gasteiger partial charge in [0, 0.05) is 24.4 Å². The molecule has 0 saturated heterocycles. The van der Waals surface area contributed by atoms with Crippen molar-refractivity contribution < 1.29 is 4.79 Å². The van der Waals surface area contributed by atoms with Gasteiger partial charge in [-0.2, -0.15) is 0 Å². The average molecular weight is 354 g/mol. The number of nitrogens with one attached hydrogen (secondary N) is 1. The second-order valence-corrected chi connectivity index (χ2v) is 8.32. The Labute approximate surface area is 157 Å². The average Bonchev–Trinajstić information content (AvgIpc) is 2.90. The third-order valence-corrected chi connectivity index (χ3v) is 6.34. The molecule has 4 nitrogen and oxygen atoms in total. The molecule has 1 aromatic carbocycles. The van der Waals surface area contributed by atoms with Gasteiger partial charge < -0.3 is 0 Å². The molecule has 0 radical (unpaired) electrons. The fourth-order valence-corrected chi connectivity index (χ4v) is 5.01. The number of anilines is 1. The van der Waals surface area contributed by atoms with Crippen LogP contribution in [0.25, 0.3) is 5.57 Å². The maximum Gasteiger partial charge on any atom is 0.241 e. The minimum atomic E-state index is -0.0108. The summed E-state index contributed by atoms with van der Waals surface area (Å²) in [7, 11) is 0. The summed E-state index contributed by atoms with van der Waals surface area (Å²) in [5, 5.41) is 2.13. The highest BCUT2D eigenvalue weighted by Crippen LogP contribution is 2.52. The molecule has 1 N–H and O–H groups in total. The van der Waals surface area contributed by atoms with Crippen LogP contribution >= 0.6 is 0 Å². The van der Waals surface area contributed by atoms with Crippen molar-refractivity contribution in [1.29, 1.82) is 0 Å². The zero-order valence-electron chi connectivity index (χ0n) is 16.5. The molecule has 3 atom stereocenters. The monoisotopic (exact) mass is 353 g/mol. The highest BCUT2D eigenvalue weighted by Gasteiger charge is 2.45. The van der Waals surface area contributed by atoms with Gasteiger partial charge in [0.15, 0.2) is 0 Å². The normalized spacial score (nSPS) is 27.2. The number of benzene rings is 1. The van der Waals surface area contributed by atoms with Gasteiger partial charge >= 0.3 is 0 Å². The van der Waals surface area contributed by atoms with Crippen molar-refractivity contribution in [2.24, 2.45) is 5.92 Å². The number of hydrogen-bond acceptors (Lipinski definition) is 3. The van der Waals surface area contributed by atoms with Gasteiger partial charge in [-0.05, 0) is 55.5 Å². The lowest BCUT2D eigenvalue weighted by Crippen LogP contribution is -2.49. The SMILES string of the molecule is CCCN1CCC=C2c3cccc4c3C(C[C@H]21)C(C)N4NC(=O)C(C)C. The molecular weight excluding hydrogens is 322 g/mol. The van der Waals surface area contributed by atoms with Crippen molar-refractivity contribution >= 4 is 17.2 Å². The summed E-state index contributed by atoms with van der Waals surface area (Å²) < 4.78 is 0. The van der Waals surface area contributed by atoms with Crippen LogP contribution in [-0.2, 0) is 4.79 Å². The summed E-state index contributed by atoms with van der Waals surface area (Å²) in [6.07, 6.45) is 5.96. The number of fused-ring (bicyclic) bond motifs is 2. The summed E-state index contributed by atoms with van der Waals surface area (Å²) in [5.74, 6) is 0.564. The van der Waals surface area contributed by atoms with E-state index in [2.05, 4.69) is 53.5 Å². The van der Waals surface area contributed by atoms with Crippen LogP contribution in [0, 0.1) is 5.92 Å². The van der Waals surface area contributed by atoms with Crippen LogP contribution in [0.2, 0.25) is 0 Å². The molecule has 0 bridgehead atoms. The van der Waals surface area contributed by atoms with Gasteiger partial charge in [0.25, 0.3) is 0 Å². The van der Waals surface area contributed by atoms with Crippen LogP contribution < -0.4 is 10.4 Å². The summed E-state index contributed by atoms with van der Waals surface area (Å²) in [4.78, 5) is 15.0. The third-order valence-electron chi connectivity index (χ3n) is 6.34. The Balaban J connectivity index is 1.73. The standard InChI is InChI=1S/C22H31N3O/c1-5-11-24-12-7-9-16-17-8-6-10-19-21(17)18(13-20(16)24)15(4)25(19)23-22(26)14(2)3/h6,8-10,14-15,18,20H,5,7,11-13H2,1-4H3,(H,23,26)/t15?,18?,20-/m1/s1. The summed E-state index contributed by atoms with van der Waals surface area (Å²) >= 11 is 0. The molecule has 4 rings (SSSR count). The molecule has 0 aromatic heterocycles. The number of rotatable bonds is 4. The zero-order valence-corrected chi connectivity index (χ0v) is 16.5. The molecule has 1 aromatic rings. The second-order valence-electron chi connectivity index (χ2n) is 8.32. The van der Waals surface area contributed by atoms with Crippen molar-refractivity contribution in [2.75, 3.05) is 18.1 Å². The lowest BCUT2D eigenvalue weighted by Gasteiger charge is -2.42. The molecule has 0 saturated carbocycles. The van der Waals surface area contributed by atoms with E-state index < -0.39 is 0 Å². The first-order chi connectivity index (χ1) is 12.5. The highest BCUT2D eigenvalue weighted by molar-refractivity contribution is 5.85. The Kier molecular flexibility index (Phi) is 4.55. The van der Waals surface area contributed by atoms with E-state index in [1.54, 1.807) is 0 Å². The van der Waals surface area contributed by atoms with Crippen molar-refractivity contribution in [1.82, 2.24) is 10.3 Å². The topological polar surface area (TPSA) is 35.6 Å². The number of hydrogen-bond donors (Lipinski definition) is 1. The molecule has 0 fully saturated rings. The van der Waals surface area contributed by atoms with Gasteiger partial charge in [0.1, 0.15) is 0 Å². The summed E-state index contributed by atoms with van der Waals surface area (Å²) in [6, 6.07) is 7.43. The fraction of sp³-hybridized carbons (Fsp3) is 0.591. The van der Waals surface area contributed by atoms with E-state index in [9.17, 15) is 4.79 Å². The quantitative estimate of drug-likeness (QED) is 0.891. The van der Waals surface area contributed by atoms with Crippen LogP contribution in [0.4, 0.5) is 5.69 Å². The molecule has 2 unspecified atom stereocenters. The van der Waals surface area contributed by atoms with Gasteiger partial charge in [-0.1, -0.05) is 39.0 Å². The first kappa shape index (κ1) is 17.6. The number of nitrogens with zero attached hydrogens (tertiary/aromatic N) is 2. The van der Waals surface area contributed by atoms with Crippen molar-refractivity contribution in [2.45, 2.75) is 65.0 Å². The van der Waals surface area contributed by atoms with E-state index in [1.165, 1.54) is 41.9 Å². The van der Waals surface area contributed by atoms with Crippen molar-refractivity contribution in [3.05, 3.63) is 35.4 Å². The van der Waals surface area contributed by atoms with Gasteiger partial charge in [0.05, 0.1) is 11.7 Å². The highest BCUT2D eigenvalue weighted by atomic mass is 16.2. The van der Waals surface area contributed by atoms with Crippen molar-refractivity contribution in [3.8, 4) is 0 Å². The molecule has 4 heteroatoms. The molecule has 26 heavy (non-hydrogen) atoms. The largest absolute Gasteiger partial charge is 0.296 e. The predicted molar refractivity (Wildman–Crippen MR) is 107 cm³/mol. The number of carbonyl (C=O) groups excluding carboxylic acids is 1. The van der Waals surface area contributed by atoms with Gasteiger partial charge in [0.2, 0.25) is 5.91 Å². The van der Waals surface area contributed by atoms with Crippen LogP contribution in [0.15, 0.2) is 24.3 Å². The molecule has 2 heterocycles. The third kappa shape index (κ3) is 2.66. The number of carbonyl (C=O) groups is 1. The Bertz CT molecular complexity index is 739. The summed E-state index contributed by atoms with van der Waals surface area (Å²) in [6.45, 7) is 10.8. The molecule has 1 amide bonds. The maximum atomic E-state index is 12.4. The van der Waals surface area contributed by atoms with Gasteiger partial charge in [-0.3, -0.25) is 20.1 Å². The van der Waals surface area contributed by atoms with Gasteiger partial charge in [-0.15, -0.1) is 0 Å². The zero-order chi connectivity index (χ0) is 18.4. The lowest BCUT2D eigenvalue weighted by atomic mass is 9.74. The van der Waals surface area contributed by atoms with Crippen molar-refractivity contribution in [3.63, 3.8) is 0 Å². The van der Waals surface area contributed by atoms with Crippen LogP contribution in [-0.4, -0.2) is 36.0 Å². The fourth-order valence-electron chi connectivity index (χ4n) is 5.01. The molecule has 1 aliphatic carbocycles. The minimum Gasteiger partial charge on any atom is -0.296 e. The molecule has 140 valence electrons. The predicted octanol–water partition coefficient (Wildman–Crippen LogP) is 3.94. The van der Waals surface area contributed by atoms with E-state index in [0.717, 1.165) is 12.8 Å². The Hall–Kier alpha value is -1.81. The number of amides is 1. The number of hydrazine groups is 1. The first-order valence-corrected chi connectivity index (χ1v) is 10.2. The van der Waals surface area contributed by atoms with E-state index in [-0.39, 0.29) is 11.8 Å². The maximum absolute atomic E-state index is 12.4. The Morgan fingerprint density at radius 1 is 1.35 bits per heavy atom. The van der Waals surface area contributed by atoms with Crippen LogP contribution in [0.3, 0.4) is 0 Å². The Morgan fingerprint density at radius 2 is 2.15 bits per heavy atom. The van der Waals surface area contributed by atoms with E-state index >= 15 is 0 Å². The molecule has 3 aliphatic rings. The molecule has 2 aliphatic heterocycles. The van der Waals surface area contributed by atoms with E-state index in [1.807, 2.05) is 13.8 Å².